The van der Waals surface area contributed by atoms with Crippen LogP contribution in [0.5, 0.6) is 0 Å². The van der Waals surface area contributed by atoms with Crippen molar-refractivity contribution in [2.24, 2.45) is 0 Å². The molecule has 0 bridgehead atoms. The Balaban J connectivity index is 2.44. The molecule has 20 heavy (non-hydrogen) atoms. The molecule has 1 heterocycles. The number of carboxylic acid groups (broad SMARTS) is 1. The summed E-state index contributed by atoms with van der Waals surface area (Å²) in [7, 11) is 0. The number of nitrogens with one attached hydrogen (secondary N) is 1. The number of allylic oxidation sites excluding steroid dienone is 1. The van der Waals surface area contributed by atoms with E-state index in [0.29, 0.717) is 12.1 Å². The fraction of sp³-hybridized carbons (Fsp3) is 0.500. The highest BCUT2D eigenvalue weighted by Crippen LogP contribution is 2.08. The zero-order chi connectivity index (χ0) is 15.0. The third-order valence-electron chi connectivity index (χ3n) is 2.86. The first-order valence-electron chi connectivity index (χ1n) is 6.62. The van der Waals surface area contributed by atoms with Gasteiger partial charge in [-0.25, -0.2) is 4.79 Å². The molecule has 1 atom stereocenters. The molecular weight excluding hydrogens is 260 g/mol. The van der Waals surface area contributed by atoms with Gasteiger partial charge in [-0.2, -0.15) is 0 Å². The maximum atomic E-state index is 11.8. The minimum Gasteiger partial charge on any atom is -0.480 e. The number of carbonyl (C=O) groups excluding carboxylic acids is 1. The molecule has 0 radical (unpaired) electrons. The second kappa shape index (κ2) is 8.14. The summed E-state index contributed by atoms with van der Waals surface area (Å²) in [5.74, 6) is -1.57. The predicted molar refractivity (Wildman–Crippen MR) is 73.4 cm³/mol. The van der Waals surface area contributed by atoms with E-state index < -0.39 is 17.9 Å². The van der Waals surface area contributed by atoms with Gasteiger partial charge in [-0.15, -0.1) is 6.58 Å². The second-order valence-corrected chi connectivity index (χ2v) is 4.62. The van der Waals surface area contributed by atoms with Crippen molar-refractivity contribution in [2.75, 3.05) is 0 Å². The van der Waals surface area contributed by atoms with Crippen molar-refractivity contribution in [3.05, 3.63) is 30.2 Å². The number of rotatable bonds is 9. The number of aryl methyl sites for hydroxylation is 1. The van der Waals surface area contributed by atoms with E-state index in [1.54, 1.807) is 6.92 Å². The molecule has 1 aromatic rings. The van der Waals surface area contributed by atoms with Crippen LogP contribution in [0.15, 0.2) is 23.2 Å². The van der Waals surface area contributed by atoms with E-state index >= 15 is 0 Å². The van der Waals surface area contributed by atoms with Crippen LogP contribution in [0, 0.1) is 6.92 Å². The van der Waals surface area contributed by atoms with Gasteiger partial charge < -0.3 is 14.9 Å². The summed E-state index contributed by atoms with van der Waals surface area (Å²) in [6.07, 6.45) is 5.77. The van der Waals surface area contributed by atoms with Crippen molar-refractivity contribution < 1.29 is 19.2 Å². The van der Waals surface area contributed by atoms with Gasteiger partial charge in [-0.3, -0.25) is 4.79 Å². The average molecular weight is 280 g/mol. The van der Waals surface area contributed by atoms with Gasteiger partial charge in [-0.1, -0.05) is 24.1 Å². The molecule has 0 aliphatic rings. The van der Waals surface area contributed by atoms with Gasteiger partial charge in [0.1, 0.15) is 6.04 Å². The number of carbonyl (C=O) groups is 2. The SMILES string of the molecule is C=CCCCCC[C@H](NC(=O)c1cc(C)no1)C(=O)O. The fourth-order valence-corrected chi connectivity index (χ4v) is 1.77. The number of nitrogens with zero attached hydrogens (tertiary/aromatic N) is 1. The lowest BCUT2D eigenvalue weighted by Gasteiger charge is -2.13. The molecule has 1 amide bonds. The largest absolute Gasteiger partial charge is 0.480 e. The number of hydrogen-bond donors (Lipinski definition) is 2. The van der Waals surface area contributed by atoms with Gasteiger partial charge in [0.15, 0.2) is 0 Å². The standard InChI is InChI=1S/C14H20N2O4/c1-3-4-5-6-7-8-11(14(18)19)15-13(17)12-9-10(2)16-20-12/h3,9,11H,1,4-8H2,2H3,(H,15,17)(H,18,19)/t11-/m0/s1. The highest BCUT2D eigenvalue weighted by molar-refractivity contribution is 5.94. The molecule has 2 N–H and O–H groups in total. The molecule has 0 aliphatic heterocycles. The van der Waals surface area contributed by atoms with Crippen LogP contribution in [0.4, 0.5) is 0 Å². The summed E-state index contributed by atoms with van der Waals surface area (Å²) >= 11 is 0. The quantitative estimate of drug-likeness (QED) is 0.535. The molecular formula is C14H20N2O4. The lowest BCUT2D eigenvalue weighted by Crippen LogP contribution is -2.40. The predicted octanol–water partition coefficient (Wildman–Crippen LogP) is 2.30. The molecule has 110 valence electrons. The van der Waals surface area contributed by atoms with Crippen LogP contribution in [0.2, 0.25) is 0 Å². The zero-order valence-electron chi connectivity index (χ0n) is 11.6. The van der Waals surface area contributed by atoms with Crippen LogP contribution in [-0.4, -0.2) is 28.2 Å². The summed E-state index contributed by atoms with van der Waals surface area (Å²) in [6.45, 7) is 5.32. The lowest BCUT2D eigenvalue weighted by atomic mass is 10.1. The number of unbranched alkanes of at least 4 members (excludes halogenated alkanes) is 3. The molecule has 6 nitrogen and oxygen atoms in total. The van der Waals surface area contributed by atoms with Crippen LogP contribution >= 0.6 is 0 Å². The molecule has 0 aliphatic carbocycles. The Labute approximate surface area is 117 Å². The molecule has 0 spiro atoms. The number of aliphatic carboxylic acids is 1. The summed E-state index contributed by atoms with van der Waals surface area (Å²) in [5.41, 5.74) is 0.575. The topological polar surface area (TPSA) is 92.4 Å². The van der Waals surface area contributed by atoms with Crippen LogP contribution in [0.1, 0.15) is 48.4 Å². The summed E-state index contributed by atoms with van der Waals surface area (Å²) in [5, 5.41) is 15.1. The monoisotopic (exact) mass is 280 g/mol. The normalized spacial score (nSPS) is 11.8. The highest BCUT2D eigenvalue weighted by atomic mass is 16.5. The van der Waals surface area contributed by atoms with Crippen molar-refractivity contribution in [1.29, 1.82) is 0 Å². The van der Waals surface area contributed by atoms with E-state index in [2.05, 4.69) is 17.1 Å². The Bertz CT molecular complexity index is 467. The van der Waals surface area contributed by atoms with E-state index in [0.717, 1.165) is 25.7 Å². The Morgan fingerprint density at radius 3 is 2.80 bits per heavy atom. The summed E-state index contributed by atoms with van der Waals surface area (Å²) in [4.78, 5) is 22.9. The van der Waals surface area contributed by atoms with Gasteiger partial charge in [0.25, 0.3) is 5.91 Å². The minimum absolute atomic E-state index is 0.0282. The summed E-state index contributed by atoms with van der Waals surface area (Å²) < 4.78 is 4.80. The van der Waals surface area contributed by atoms with Crippen LogP contribution < -0.4 is 5.32 Å². The molecule has 1 aromatic heterocycles. The molecule has 0 saturated carbocycles. The van der Waals surface area contributed by atoms with Gasteiger partial charge >= 0.3 is 5.97 Å². The number of amides is 1. The lowest BCUT2D eigenvalue weighted by molar-refractivity contribution is -0.139. The molecule has 0 aromatic carbocycles. The Hall–Kier alpha value is -2.11. The maximum absolute atomic E-state index is 11.8. The van der Waals surface area contributed by atoms with Gasteiger partial charge in [0.2, 0.25) is 5.76 Å². The highest BCUT2D eigenvalue weighted by Gasteiger charge is 2.22. The van der Waals surface area contributed by atoms with Gasteiger partial charge in [-0.05, 0) is 26.2 Å². The minimum atomic E-state index is -1.04. The molecule has 0 unspecified atom stereocenters. The second-order valence-electron chi connectivity index (χ2n) is 4.62. The number of hydrogen-bond acceptors (Lipinski definition) is 4. The molecule has 6 heteroatoms. The smallest absolute Gasteiger partial charge is 0.326 e. The van der Waals surface area contributed by atoms with Crippen molar-refractivity contribution >= 4 is 11.9 Å². The first-order chi connectivity index (χ1) is 9.54. The van der Waals surface area contributed by atoms with E-state index in [-0.39, 0.29) is 5.76 Å². The van der Waals surface area contributed by atoms with Gasteiger partial charge in [0.05, 0.1) is 5.69 Å². The average Bonchev–Trinajstić information content (AvgIpc) is 2.83. The van der Waals surface area contributed by atoms with Gasteiger partial charge in [0, 0.05) is 6.07 Å². The number of carboxylic acids is 1. The van der Waals surface area contributed by atoms with E-state index in [4.69, 9.17) is 9.63 Å². The first kappa shape index (κ1) is 15.9. The van der Waals surface area contributed by atoms with E-state index in [9.17, 15) is 9.59 Å². The molecule has 1 rings (SSSR count). The first-order valence-corrected chi connectivity index (χ1v) is 6.62. The van der Waals surface area contributed by atoms with Crippen LogP contribution in [-0.2, 0) is 4.79 Å². The maximum Gasteiger partial charge on any atom is 0.326 e. The Morgan fingerprint density at radius 2 is 2.25 bits per heavy atom. The van der Waals surface area contributed by atoms with E-state index in [1.165, 1.54) is 6.07 Å². The number of aromatic nitrogens is 1. The van der Waals surface area contributed by atoms with E-state index in [1.807, 2.05) is 6.08 Å². The Morgan fingerprint density at radius 1 is 1.50 bits per heavy atom. The fourth-order valence-electron chi connectivity index (χ4n) is 1.77. The van der Waals surface area contributed by atoms with Crippen molar-refractivity contribution in [2.45, 2.75) is 45.1 Å². The zero-order valence-corrected chi connectivity index (χ0v) is 11.6. The van der Waals surface area contributed by atoms with Crippen molar-refractivity contribution in [3.63, 3.8) is 0 Å². The third kappa shape index (κ3) is 5.26. The molecule has 0 fully saturated rings. The molecule has 0 saturated heterocycles. The Kier molecular flexibility index (Phi) is 6.49. The van der Waals surface area contributed by atoms with Crippen molar-refractivity contribution in [3.8, 4) is 0 Å². The third-order valence-corrected chi connectivity index (χ3v) is 2.86. The van der Waals surface area contributed by atoms with Crippen LogP contribution in [0.25, 0.3) is 0 Å². The van der Waals surface area contributed by atoms with Crippen LogP contribution in [0.3, 0.4) is 0 Å². The summed E-state index contributed by atoms with van der Waals surface area (Å²) in [6, 6.07) is 0.565. The van der Waals surface area contributed by atoms with Crippen molar-refractivity contribution in [1.82, 2.24) is 10.5 Å².